The van der Waals surface area contributed by atoms with Crippen LogP contribution in [0.1, 0.15) is 24.2 Å². The molecule has 0 bridgehead atoms. The van der Waals surface area contributed by atoms with Crippen LogP contribution in [0, 0.1) is 0 Å². The molecule has 0 spiro atoms. The second-order valence-corrected chi connectivity index (χ2v) is 5.00. The van der Waals surface area contributed by atoms with Crippen molar-refractivity contribution in [2.75, 3.05) is 18.0 Å². The van der Waals surface area contributed by atoms with Gasteiger partial charge < -0.3 is 33.3 Å². The fraction of sp³-hybridized carbons (Fsp3) is 0.312. The molecule has 20 heavy (non-hydrogen) atoms. The van der Waals surface area contributed by atoms with Gasteiger partial charge in [0.25, 0.3) is 0 Å². The average molecular weight is 382 g/mol. The Morgan fingerprint density at radius 2 is 1.75 bits per heavy atom. The quantitative estimate of drug-likeness (QED) is 0.545. The summed E-state index contributed by atoms with van der Waals surface area (Å²) in [5.74, 6) is 1.91. The highest BCUT2D eigenvalue weighted by atomic mass is 127. The topological polar surface area (TPSA) is 20.3 Å². The molecular weight excluding hydrogens is 363 g/mol. The zero-order valence-electron chi connectivity index (χ0n) is 11.6. The van der Waals surface area contributed by atoms with Crippen molar-refractivity contribution in [2.24, 2.45) is 7.05 Å². The Balaban J connectivity index is 0.00000147. The third-order valence-corrected chi connectivity index (χ3v) is 3.47. The van der Waals surface area contributed by atoms with E-state index in [-0.39, 0.29) is 24.0 Å². The molecule has 2 aromatic rings. The first-order valence-corrected chi connectivity index (χ1v) is 6.79. The van der Waals surface area contributed by atoms with Crippen LogP contribution in [0.2, 0.25) is 0 Å². The molecule has 0 N–H and O–H groups in total. The van der Waals surface area contributed by atoms with Crippen molar-refractivity contribution >= 4 is 18.0 Å². The molecule has 4 heteroatoms. The van der Waals surface area contributed by atoms with Crippen molar-refractivity contribution in [3.05, 3.63) is 48.0 Å². The molecule has 1 saturated heterocycles. The van der Waals surface area contributed by atoms with Crippen LogP contribution in [-0.4, -0.2) is 13.1 Å². The van der Waals surface area contributed by atoms with E-state index in [1.165, 1.54) is 18.4 Å². The second kappa shape index (κ2) is 6.92. The molecule has 0 amide bonds. The summed E-state index contributed by atoms with van der Waals surface area (Å²) < 4.78 is 7.87. The molecule has 1 aliphatic rings. The standard InChI is InChI=1S/C16H19N2O.HI/c1-17-12-8-14(9-13-17)4-5-15-6-7-16(19-15)18-10-2-3-11-18;/h4-9,12-13H,2-3,10-11H2,1H3;1H/q+1;/p-1. The van der Waals surface area contributed by atoms with Gasteiger partial charge in [-0.2, -0.15) is 0 Å². The smallest absolute Gasteiger partial charge is 0.196 e. The van der Waals surface area contributed by atoms with Crippen LogP contribution in [0.4, 0.5) is 5.88 Å². The number of aryl methyl sites for hydroxylation is 1. The van der Waals surface area contributed by atoms with E-state index in [0.717, 1.165) is 24.7 Å². The first kappa shape index (κ1) is 15.1. The summed E-state index contributed by atoms with van der Waals surface area (Å²) in [7, 11) is 2.02. The Morgan fingerprint density at radius 1 is 1.05 bits per heavy atom. The highest BCUT2D eigenvalue weighted by Crippen LogP contribution is 2.23. The van der Waals surface area contributed by atoms with E-state index in [1.807, 2.05) is 36.2 Å². The Kier molecular flexibility index (Phi) is 5.23. The number of hydrogen-bond acceptors (Lipinski definition) is 2. The highest BCUT2D eigenvalue weighted by molar-refractivity contribution is 5.67. The summed E-state index contributed by atoms with van der Waals surface area (Å²) in [6, 6.07) is 8.27. The number of rotatable bonds is 3. The van der Waals surface area contributed by atoms with Crippen LogP contribution < -0.4 is 33.4 Å². The molecule has 3 nitrogen and oxygen atoms in total. The van der Waals surface area contributed by atoms with Crippen molar-refractivity contribution in [3.63, 3.8) is 0 Å². The fourth-order valence-corrected chi connectivity index (χ4v) is 2.34. The Morgan fingerprint density at radius 3 is 2.45 bits per heavy atom. The van der Waals surface area contributed by atoms with Gasteiger partial charge in [0.2, 0.25) is 0 Å². The Hall–Kier alpha value is -1.30. The van der Waals surface area contributed by atoms with Crippen LogP contribution in [0.3, 0.4) is 0 Å². The zero-order valence-corrected chi connectivity index (χ0v) is 13.8. The number of aromatic nitrogens is 1. The molecule has 0 aliphatic carbocycles. The number of halogens is 1. The maximum Gasteiger partial charge on any atom is 0.196 e. The van der Waals surface area contributed by atoms with Gasteiger partial charge in [-0.05, 0) is 30.5 Å². The zero-order chi connectivity index (χ0) is 13.1. The highest BCUT2D eigenvalue weighted by Gasteiger charge is 2.14. The van der Waals surface area contributed by atoms with E-state index in [0.29, 0.717) is 0 Å². The summed E-state index contributed by atoms with van der Waals surface area (Å²) >= 11 is 0. The van der Waals surface area contributed by atoms with Crippen molar-refractivity contribution in [2.45, 2.75) is 12.8 Å². The van der Waals surface area contributed by atoms with E-state index in [1.54, 1.807) is 0 Å². The van der Waals surface area contributed by atoms with Gasteiger partial charge in [0, 0.05) is 31.3 Å². The van der Waals surface area contributed by atoms with E-state index in [2.05, 4.69) is 29.2 Å². The van der Waals surface area contributed by atoms with Crippen LogP contribution in [0.25, 0.3) is 12.2 Å². The van der Waals surface area contributed by atoms with Gasteiger partial charge >= 0.3 is 0 Å². The van der Waals surface area contributed by atoms with Gasteiger partial charge in [-0.1, -0.05) is 6.08 Å². The Bertz CT molecular complexity index is 568. The number of furan rings is 1. The predicted octanol–water partition coefficient (Wildman–Crippen LogP) is -0.121. The van der Waals surface area contributed by atoms with Crippen LogP contribution in [0.5, 0.6) is 0 Å². The summed E-state index contributed by atoms with van der Waals surface area (Å²) in [5.41, 5.74) is 1.18. The van der Waals surface area contributed by atoms with Crippen LogP contribution in [0.15, 0.2) is 41.1 Å². The number of hydrogen-bond donors (Lipinski definition) is 0. The lowest BCUT2D eigenvalue weighted by Gasteiger charge is -2.12. The monoisotopic (exact) mass is 382 g/mol. The molecule has 0 atom stereocenters. The molecular formula is C16H19IN2O. The largest absolute Gasteiger partial charge is 1.00 e. The molecule has 0 saturated carbocycles. The Labute approximate surface area is 136 Å². The maximum atomic E-state index is 5.85. The fourth-order valence-electron chi connectivity index (χ4n) is 2.34. The lowest BCUT2D eigenvalue weighted by atomic mass is 10.2. The second-order valence-electron chi connectivity index (χ2n) is 5.00. The van der Waals surface area contributed by atoms with E-state index < -0.39 is 0 Å². The third-order valence-electron chi connectivity index (χ3n) is 3.47. The van der Waals surface area contributed by atoms with Crippen molar-refractivity contribution in [1.82, 2.24) is 0 Å². The summed E-state index contributed by atoms with van der Waals surface area (Å²) in [5, 5.41) is 0. The normalized spacial score (nSPS) is 14.8. The van der Waals surface area contributed by atoms with Crippen LogP contribution in [-0.2, 0) is 7.05 Å². The van der Waals surface area contributed by atoms with Gasteiger partial charge in [0.05, 0.1) is 0 Å². The van der Waals surface area contributed by atoms with Crippen LogP contribution >= 0.6 is 0 Å². The molecule has 1 aliphatic heterocycles. The lowest BCUT2D eigenvalue weighted by Crippen LogP contribution is -3.00. The molecule has 0 radical (unpaired) electrons. The summed E-state index contributed by atoms with van der Waals surface area (Å²) in [6.07, 6.45) is 10.7. The molecule has 106 valence electrons. The van der Waals surface area contributed by atoms with E-state index in [9.17, 15) is 0 Å². The van der Waals surface area contributed by atoms with Gasteiger partial charge in [0.15, 0.2) is 18.3 Å². The minimum absolute atomic E-state index is 0. The first-order chi connectivity index (χ1) is 9.31. The van der Waals surface area contributed by atoms with Crippen molar-refractivity contribution < 1.29 is 33.0 Å². The first-order valence-electron chi connectivity index (χ1n) is 6.79. The SMILES string of the molecule is C[n+]1ccc(/C=C/c2ccc(N3CCCC3)o2)cc1.[I-]. The number of nitrogens with zero attached hydrogens (tertiary/aromatic N) is 2. The van der Waals surface area contributed by atoms with E-state index in [4.69, 9.17) is 4.42 Å². The third kappa shape index (κ3) is 3.62. The molecule has 3 heterocycles. The molecule has 0 unspecified atom stereocenters. The number of anilines is 1. The van der Waals surface area contributed by atoms with Gasteiger partial charge in [-0.3, -0.25) is 0 Å². The summed E-state index contributed by atoms with van der Waals surface area (Å²) in [4.78, 5) is 2.31. The minimum atomic E-state index is 0. The maximum absolute atomic E-state index is 5.85. The number of pyridine rings is 1. The predicted molar refractivity (Wildman–Crippen MR) is 76.7 cm³/mol. The molecule has 3 rings (SSSR count). The van der Waals surface area contributed by atoms with Crippen molar-refractivity contribution in [1.29, 1.82) is 0 Å². The minimum Gasteiger partial charge on any atom is -1.00 e. The van der Waals surface area contributed by atoms with Gasteiger partial charge in [0.1, 0.15) is 12.8 Å². The van der Waals surface area contributed by atoms with Gasteiger partial charge in [-0.15, -0.1) is 0 Å². The van der Waals surface area contributed by atoms with Crippen molar-refractivity contribution in [3.8, 4) is 0 Å². The molecule has 0 aromatic carbocycles. The van der Waals surface area contributed by atoms with E-state index >= 15 is 0 Å². The van der Waals surface area contributed by atoms with Gasteiger partial charge in [-0.25, -0.2) is 4.57 Å². The molecule has 2 aromatic heterocycles. The lowest BCUT2D eigenvalue weighted by molar-refractivity contribution is -0.671. The molecule has 1 fully saturated rings. The summed E-state index contributed by atoms with van der Waals surface area (Å²) in [6.45, 7) is 2.23. The average Bonchev–Trinajstić information content (AvgIpc) is 3.09.